The predicted molar refractivity (Wildman–Crippen MR) is 38.2 cm³/mol. The highest BCUT2D eigenvalue weighted by atomic mass is 16.3. The van der Waals surface area contributed by atoms with Crippen molar-refractivity contribution in [2.45, 2.75) is 39.7 Å². The maximum absolute atomic E-state index is 9.29. The maximum atomic E-state index is 9.29. The van der Waals surface area contributed by atoms with Crippen LogP contribution in [0, 0.1) is 11.3 Å². The molecule has 1 atom stereocenters. The Morgan fingerprint density at radius 3 is 2.00 bits per heavy atom. The van der Waals surface area contributed by atoms with Gasteiger partial charge in [-0.3, -0.25) is 0 Å². The van der Waals surface area contributed by atoms with Gasteiger partial charge >= 0.3 is 0 Å². The molecule has 9 heavy (non-hydrogen) atoms. The first-order valence-corrected chi connectivity index (χ1v) is 3.73. The second kappa shape index (κ2) is 1.98. The molecule has 0 heterocycles. The Balaban J connectivity index is 2.48. The standard InChI is InChI=1S/C8H16O/c1-6(9)8(2,3)7-4-5-7/h6-7,9H,4-5H2,1-3H3. The van der Waals surface area contributed by atoms with Crippen molar-refractivity contribution in [1.29, 1.82) is 0 Å². The molecule has 1 saturated carbocycles. The first kappa shape index (κ1) is 7.07. The smallest absolute Gasteiger partial charge is 0.0565 e. The molecule has 1 aliphatic rings. The van der Waals surface area contributed by atoms with Crippen molar-refractivity contribution in [2.24, 2.45) is 11.3 Å². The van der Waals surface area contributed by atoms with Crippen molar-refractivity contribution in [3.8, 4) is 0 Å². The van der Waals surface area contributed by atoms with Gasteiger partial charge < -0.3 is 5.11 Å². The fourth-order valence-corrected chi connectivity index (χ4v) is 1.17. The van der Waals surface area contributed by atoms with E-state index in [2.05, 4.69) is 13.8 Å². The molecule has 0 aromatic heterocycles. The van der Waals surface area contributed by atoms with Crippen molar-refractivity contribution in [3.63, 3.8) is 0 Å². The molecule has 1 heteroatoms. The third-order valence-corrected chi connectivity index (χ3v) is 2.71. The molecule has 0 bridgehead atoms. The van der Waals surface area contributed by atoms with Gasteiger partial charge in [-0.2, -0.15) is 0 Å². The molecule has 0 aromatic carbocycles. The molecular weight excluding hydrogens is 112 g/mol. The normalized spacial score (nSPS) is 24.0. The summed E-state index contributed by atoms with van der Waals surface area (Å²) in [5.41, 5.74) is 0.167. The molecule has 0 radical (unpaired) electrons. The summed E-state index contributed by atoms with van der Waals surface area (Å²) in [6.45, 7) is 6.18. The van der Waals surface area contributed by atoms with Gasteiger partial charge in [-0.1, -0.05) is 13.8 Å². The number of hydrogen-bond acceptors (Lipinski definition) is 1. The summed E-state index contributed by atoms with van der Waals surface area (Å²) in [4.78, 5) is 0. The molecule has 1 aliphatic carbocycles. The van der Waals surface area contributed by atoms with E-state index in [1.807, 2.05) is 6.92 Å². The lowest BCUT2D eigenvalue weighted by molar-refractivity contribution is 0.0496. The van der Waals surface area contributed by atoms with Crippen LogP contribution in [0.5, 0.6) is 0 Å². The summed E-state index contributed by atoms with van der Waals surface area (Å²) in [6.07, 6.45) is 2.49. The van der Waals surface area contributed by atoms with Crippen LogP contribution in [0.3, 0.4) is 0 Å². The van der Waals surface area contributed by atoms with Crippen LogP contribution in [0.1, 0.15) is 33.6 Å². The first-order chi connectivity index (χ1) is 4.05. The van der Waals surface area contributed by atoms with Gasteiger partial charge in [-0.25, -0.2) is 0 Å². The van der Waals surface area contributed by atoms with Crippen LogP contribution < -0.4 is 0 Å². The van der Waals surface area contributed by atoms with Crippen LogP contribution in [0.15, 0.2) is 0 Å². The summed E-state index contributed by atoms with van der Waals surface area (Å²) in [5.74, 6) is 0.789. The zero-order valence-electron chi connectivity index (χ0n) is 6.52. The van der Waals surface area contributed by atoms with E-state index >= 15 is 0 Å². The SMILES string of the molecule is CC(O)C(C)(C)C1CC1. The molecule has 0 aromatic rings. The van der Waals surface area contributed by atoms with Crippen LogP contribution in [-0.4, -0.2) is 11.2 Å². The Labute approximate surface area is 57.1 Å². The van der Waals surface area contributed by atoms with Crippen LogP contribution in [0.25, 0.3) is 0 Å². The molecule has 0 spiro atoms. The molecule has 1 unspecified atom stereocenters. The average Bonchev–Trinajstić information content (AvgIpc) is 2.42. The quantitative estimate of drug-likeness (QED) is 0.601. The molecule has 1 rings (SSSR count). The average molecular weight is 128 g/mol. The molecule has 0 aliphatic heterocycles. The van der Waals surface area contributed by atoms with E-state index in [1.165, 1.54) is 12.8 Å². The van der Waals surface area contributed by atoms with E-state index in [9.17, 15) is 5.11 Å². The number of aliphatic hydroxyl groups is 1. The third-order valence-electron chi connectivity index (χ3n) is 2.71. The molecule has 0 saturated heterocycles. The van der Waals surface area contributed by atoms with Gasteiger partial charge in [0.25, 0.3) is 0 Å². The topological polar surface area (TPSA) is 20.2 Å². The lowest BCUT2D eigenvalue weighted by Gasteiger charge is -2.27. The van der Waals surface area contributed by atoms with Crippen LogP contribution in [0.2, 0.25) is 0 Å². The Morgan fingerprint density at radius 1 is 1.44 bits per heavy atom. The zero-order valence-corrected chi connectivity index (χ0v) is 6.52. The van der Waals surface area contributed by atoms with Gasteiger partial charge in [-0.05, 0) is 31.1 Å². The largest absolute Gasteiger partial charge is 0.393 e. The monoisotopic (exact) mass is 128 g/mol. The van der Waals surface area contributed by atoms with Gasteiger partial charge in [0.1, 0.15) is 0 Å². The van der Waals surface area contributed by atoms with E-state index < -0.39 is 0 Å². The highest BCUT2D eigenvalue weighted by Gasteiger charge is 2.40. The van der Waals surface area contributed by atoms with Crippen LogP contribution in [-0.2, 0) is 0 Å². The number of rotatable bonds is 2. The highest BCUT2D eigenvalue weighted by molar-refractivity contribution is 4.90. The predicted octanol–water partition coefficient (Wildman–Crippen LogP) is 1.80. The molecule has 0 amide bonds. The van der Waals surface area contributed by atoms with Crippen LogP contribution in [0.4, 0.5) is 0 Å². The van der Waals surface area contributed by atoms with Crippen molar-refractivity contribution in [1.82, 2.24) is 0 Å². The van der Waals surface area contributed by atoms with Crippen molar-refractivity contribution in [3.05, 3.63) is 0 Å². The fourth-order valence-electron chi connectivity index (χ4n) is 1.17. The molecule has 1 nitrogen and oxygen atoms in total. The van der Waals surface area contributed by atoms with E-state index in [1.54, 1.807) is 0 Å². The van der Waals surface area contributed by atoms with E-state index in [4.69, 9.17) is 0 Å². The Bertz CT molecular complexity index is 97.1. The fraction of sp³-hybridized carbons (Fsp3) is 1.00. The van der Waals surface area contributed by atoms with E-state index in [-0.39, 0.29) is 11.5 Å². The maximum Gasteiger partial charge on any atom is 0.0565 e. The van der Waals surface area contributed by atoms with Gasteiger partial charge in [0.2, 0.25) is 0 Å². The Morgan fingerprint density at radius 2 is 1.89 bits per heavy atom. The summed E-state index contributed by atoms with van der Waals surface area (Å²) >= 11 is 0. The molecule has 1 N–H and O–H groups in total. The van der Waals surface area contributed by atoms with Crippen molar-refractivity contribution in [2.75, 3.05) is 0 Å². The molecule has 54 valence electrons. The zero-order chi connectivity index (χ0) is 7.07. The Kier molecular flexibility index (Phi) is 1.55. The van der Waals surface area contributed by atoms with Gasteiger partial charge in [0.15, 0.2) is 0 Å². The van der Waals surface area contributed by atoms with Crippen LogP contribution >= 0.6 is 0 Å². The van der Waals surface area contributed by atoms with Gasteiger partial charge in [0.05, 0.1) is 6.10 Å². The van der Waals surface area contributed by atoms with Crippen molar-refractivity contribution >= 4 is 0 Å². The lowest BCUT2D eigenvalue weighted by Crippen LogP contribution is -2.28. The Hall–Kier alpha value is -0.0400. The third kappa shape index (κ3) is 1.26. The summed E-state index contributed by atoms with van der Waals surface area (Å²) in [5, 5.41) is 9.29. The first-order valence-electron chi connectivity index (χ1n) is 3.73. The summed E-state index contributed by atoms with van der Waals surface area (Å²) in [7, 11) is 0. The van der Waals surface area contributed by atoms with Gasteiger partial charge in [-0.15, -0.1) is 0 Å². The lowest BCUT2D eigenvalue weighted by atomic mass is 9.82. The van der Waals surface area contributed by atoms with Crippen molar-refractivity contribution < 1.29 is 5.11 Å². The van der Waals surface area contributed by atoms with E-state index in [0.717, 1.165) is 5.92 Å². The minimum Gasteiger partial charge on any atom is -0.393 e. The minimum absolute atomic E-state index is 0.148. The van der Waals surface area contributed by atoms with Gasteiger partial charge in [0, 0.05) is 0 Å². The highest BCUT2D eigenvalue weighted by Crippen LogP contribution is 2.46. The number of hydrogen-bond donors (Lipinski definition) is 1. The molecular formula is C8H16O. The second-order valence-corrected chi connectivity index (χ2v) is 3.77. The minimum atomic E-state index is -0.148. The number of aliphatic hydroxyl groups excluding tert-OH is 1. The summed E-state index contributed by atoms with van der Waals surface area (Å²) in [6, 6.07) is 0. The second-order valence-electron chi connectivity index (χ2n) is 3.77. The molecule has 1 fully saturated rings. The summed E-state index contributed by atoms with van der Waals surface area (Å²) < 4.78 is 0. The van der Waals surface area contributed by atoms with E-state index in [0.29, 0.717) is 0 Å².